The molecule has 4 rings (SSSR count). The van der Waals surface area contributed by atoms with Crippen LogP contribution in [0.1, 0.15) is 49.3 Å². The van der Waals surface area contributed by atoms with Crippen LogP contribution in [0.2, 0.25) is 0 Å². The molecule has 0 amide bonds. The molecule has 1 aliphatic carbocycles. The highest BCUT2D eigenvalue weighted by atomic mass is 16.5. The molecule has 2 aromatic carbocycles. The first-order valence-electron chi connectivity index (χ1n) is 9.25. The highest BCUT2D eigenvalue weighted by Crippen LogP contribution is 2.37. The van der Waals surface area contributed by atoms with Crippen molar-refractivity contribution in [1.29, 1.82) is 0 Å². The van der Waals surface area contributed by atoms with Crippen LogP contribution in [0.15, 0.2) is 60.5 Å². The fourth-order valence-corrected chi connectivity index (χ4v) is 3.72. The Morgan fingerprint density at radius 2 is 1.73 bits per heavy atom. The van der Waals surface area contributed by atoms with Crippen molar-refractivity contribution in [3.63, 3.8) is 0 Å². The lowest BCUT2D eigenvalue weighted by Gasteiger charge is -2.23. The molecular formula is C22H23NO3. The molecule has 0 spiro atoms. The molecule has 2 aromatic rings. The first-order valence-corrected chi connectivity index (χ1v) is 9.25. The average Bonchev–Trinajstić information content (AvgIpc) is 2.98. The summed E-state index contributed by atoms with van der Waals surface area (Å²) in [6.45, 7) is 0. The van der Waals surface area contributed by atoms with Gasteiger partial charge in [0.05, 0.1) is 11.7 Å². The zero-order valence-electron chi connectivity index (χ0n) is 14.7. The van der Waals surface area contributed by atoms with Gasteiger partial charge in [-0.15, -0.1) is 0 Å². The molecule has 0 bridgehead atoms. The van der Waals surface area contributed by atoms with E-state index in [0.717, 1.165) is 29.7 Å². The standard InChI is InChI=1S/C22H23NO3/c23-22-19(20(24)21(26-22)15-8-3-1-4-9-15)16-10-7-13-18(14-16)25-17-11-5-2-6-12-17/h1,3-4,7-10,13-14,17,21H,2,5-6,11-12,23H2. The van der Waals surface area contributed by atoms with Gasteiger partial charge in [0.25, 0.3) is 0 Å². The van der Waals surface area contributed by atoms with Gasteiger partial charge in [-0.1, -0.05) is 48.9 Å². The minimum absolute atomic E-state index is 0.108. The summed E-state index contributed by atoms with van der Waals surface area (Å²) >= 11 is 0. The van der Waals surface area contributed by atoms with Gasteiger partial charge in [0.2, 0.25) is 5.78 Å². The number of benzene rings is 2. The number of ether oxygens (including phenoxy) is 2. The molecular weight excluding hydrogens is 326 g/mol. The summed E-state index contributed by atoms with van der Waals surface area (Å²) in [6.07, 6.45) is 5.49. The van der Waals surface area contributed by atoms with Crippen LogP contribution in [0.5, 0.6) is 5.75 Å². The Balaban J connectivity index is 1.56. The largest absolute Gasteiger partial charge is 0.490 e. The van der Waals surface area contributed by atoms with E-state index in [2.05, 4.69) is 0 Å². The molecule has 1 saturated carbocycles. The summed E-state index contributed by atoms with van der Waals surface area (Å²) in [5.74, 6) is 0.854. The summed E-state index contributed by atoms with van der Waals surface area (Å²) in [5.41, 5.74) is 8.06. The molecule has 0 saturated heterocycles. The Bertz CT molecular complexity index is 822. The summed E-state index contributed by atoms with van der Waals surface area (Å²) in [7, 11) is 0. The minimum atomic E-state index is -0.672. The van der Waals surface area contributed by atoms with Gasteiger partial charge in [0.15, 0.2) is 12.0 Å². The van der Waals surface area contributed by atoms with Crippen molar-refractivity contribution in [2.75, 3.05) is 0 Å². The summed E-state index contributed by atoms with van der Waals surface area (Å²) in [5, 5.41) is 0. The predicted molar refractivity (Wildman–Crippen MR) is 100 cm³/mol. The summed E-state index contributed by atoms with van der Waals surface area (Å²) in [4.78, 5) is 12.9. The zero-order chi connectivity index (χ0) is 17.9. The van der Waals surface area contributed by atoms with Crippen molar-refractivity contribution in [3.05, 3.63) is 71.6 Å². The molecule has 134 valence electrons. The van der Waals surface area contributed by atoms with Crippen LogP contribution in [0.25, 0.3) is 5.57 Å². The Morgan fingerprint density at radius 3 is 2.50 bits per heavy atom. The lowest BCUT2D eigenvalue weighted by molar-refractivity contribution is -0.120. The molecule has 2 N–H and O–H groups in total. The van der Waals surface area contributed by atoms with Gasteiger partial charge in [0, 0.05) is 5.56 Å². The third kappa shape index (κ3) is 3.32. The van der Waals surface area contributed by atoms with Crippen molar-refractivity contribution in [2.45, 2.75) is 44.3 Å². The van der Waals surface area contributed by atoms with Crippen molar-refractivity contribution < 1.29 is 14.3 Å². The number of ketones is 1. The second-order valence-corrected chi connectivity index (χ2v) is 6.92. The molecule has 26 heavy (non-hydrogen) atoms. The Labute approximate surface area is 153 Å². The van der Waals surface area contributed by atoms with E-state index in [1.165, 1.54) is 19.3 Å². The molecule has 0 radical (unpaired) electrons. The van der Waals surface area contributed by atoms with Gasteiger partial charge >= 0.3 is 0 Å². The van der Waals surface area contributed by atoms with Crippen molar-refractivity contribution in [2.24, 2.45) is 5.73 Å². The smallest absolute Gasteiger partial charge is 0.213 e. The van der Waals surface area contributed by atoms with E-state index in [1.807, 2.05) is 54.6 Å². The van der Waals surface area contributed by atoms with Crippen molar-refractivity contribution in [3.8, 4) is 5.75 Å². The Morgan fingerprint density at radius 1 is 0.962 bits per heavy atom. The molecule has 1 heterocycles. The van der Waals surface area contributed by atoms with E-state index in [-0.39, 0.29) is 17.8 Å². The van der Waals surface area contributed by atoms with Gasteiger partial charge in [-0.2, -0.15) is 0 Å². The SMILES string of the molecule is NC1=C(c2cccc(OC3CCCCC3)c2)C(=O)C(c2ccccc2)O1. The number of nitrogens with two attached hydrogens (primary N) is 1. The van der Waals surface area contributed by atoms with Gasteiger partial charge < -0.3 is 15.2 Å². The Hall–Kier alpha value is -2.75. The third-order valence-corrected chi connectivity index (χ3v) is 5.06. The minimum Gasteiger partial charge on any atom is -0.490 e. The number of carbonyl (C=O) groups excluding carboxylic acids is 1. The van der Waals surface area contributed by atoms with Crippen LogP contribution < -0.4 is 10.5 Å². The van der Waals surface area contributed by atoms with Crippen LogP contribution in [0, 0.1) is 0 Å². The molecule has 4 heteroatoms. The maximum absolute atomic E-state index is 12.9. The first-order chi connectivity index (χ1) is 12.7. The molecule has 1 fully saturated rings. The van der Waals surface area contributed by atoms with Crippen LogP contribution in [0.3, 0.4) is 0 Å². The second-order valence-electron chi connectivity index (χ2n) is 6.92. The zero-order valence-corrected chi connectivity index (χ0v) is 14.7. The van der Waals surface area contributed by atoms with Gasteiger partial charge in [-0.25, -0.2) is 0 Å². The molecule has 1 unspecified atom stereocenters. The number of carbonyl (C=O) groups is 1. The highest BCUT2D eigenvalue weighted by Gasteiger charge is 2.36. The fraction of sp³-hybridized carbons (Fsp3) is 0.318. The van der Waals surface area contributed by atoms with E-state index < -0.39 is 6.10 Å². The number of rotatable bonds is 4. The lowest BCUT2D eigenvalue weighted by Crippen LogP contribution is -2.19. The van der Waals surface area contributed by atoms with Crippen LogP contribution in [-0.2, 0) is 9.53 Å². The predicted octanol–water partition coefficient (Wildman–Crippen LogP) is 4.37. The number of hydrogen-bond acceptors (Lipinski definition) is 4. The van der Waals surface area contributed by atoms with Crippen molar-refractivity contribution in [1.82, 2.24) is 0 Å². The topological polar surface area (TPSA) is 61.5 Å². The number of hydrogen-bond donors (Lipinski definition) is 1. The summed E-state index contributed by atoms with van der Waals surface area (Å²) < 4.78 is 11.8. The Kier molecular flexibility index (Phi) is 4.65. The molecule has 1 aliphatic heterocycles. The van der Waals surface area contributed by atoms with E-state index >= 15 is 0 Å². The number of Topliss-reactive ketones (excluding diaryl/α,β-unsaturated/α-hetero) is 1. The normalized spacial score (nSPS) is 20.9. The van der Waals surface area contributed by atoms with Crippen LogP contribution >= 0.6 is 0 Å². The van der Waals surface area contributed by atoms with Crippen LogP contribution in [0.4, 0.5) is 0 Å². The highest BCUT2D eigenvalue weighted by molar-refractivity contribution is 6.25. The monoisotopic (exact) mass is 349 g/mol. The molecule has 1 atom stereocenters. The van der Waals surface area contributed by atoms with Crippen molar-refractivity contribution >= 4 is 11.4 Å². The molecule has 2 aliphatic rings. The second kappa shape index (κ2) is 7.24. The lowest BCUT2D eigenvalue weighted by atomic mass is 9.96. The van der Waals surface area contributed by atoms with Gasteiger partial charge in [0.1, 0.15) is 5.75 Å². The fourth-order valence-electron chi connectivity index (χ4n) is 3.72. The first kappa shape index (κ1) is 16.7. The average molecular weight is 349 g/mol. The van der Waals surface area contributed by atoms with Crippen LogP contribution in [-0.4, -0.2) is 11.9 Å². The molecule has 4 nitrogen and oxygen atoms in total. The van der Waals surface area contributed by atoms with E-state index in [1.54, 1.807) is 0 Å². The quantitative estimate of drug-likeness (QED) is 0.890. The molecule has 0 aromatic heterocycles. The maximum Gasteiger partial charge on any atom is 0.213 e. The van der Waals surface area contributed by atoms with E-state index in [4.69, 9.17) is 15.2 Å². The van der Waals surface area contributed by atoms with Gasteiger partial charge in [-0.3, -0.25) is 4.79 Å². The van der Waals surface area contributed by atoms with E-state index in [9.17, 15) is 4.79 Å². The summed E-state index contributed by atoms with van der Waals surface area (Å²) in [6, 6.07) is 17.0. The van der Waals surface area contributed by atoms with E-state index in [0.29, 0.717) is 5.57 Å². The third-order valence-electron chi connectivity index (χ3n) is 5.06. The maximum atomic E-state index is 12.9. The van der Waals surface area contributed by atoms with Gasteiger partial charge in [-0.05, 0) is 43.4 Å².